The second-order valence-corrected chi connectivity index (χ2v) is 3.06. The topological polar surface area (TPSA) is 91.4 Å². The Balaban J connectivity index is 2.07. The molecule has 1 aliphatic heterocycles. The molecule has 7 nitrogen and oxygen atoms in total. The Bertz CT molecular complexity index is 531. The van der Waals surface area contributed by atoms with Gasteiger partial charge in [-0.25, -0.2) is 0 Å². The van der Waals surface area contributed by atoms with Crippen LogP contribution in [-0.2, 0) is 4.79 Å². The van der Waals surface area contributed by atoms with E-state index in [9.17, 15) is 4.79 Å². The Hall–Kier alpha value is -2.70. The fraction of sp³-hybridized carbons (Fsp3) is 0. The van der Waals surface area contributed by atoms with Crippen molar-refractivity contribution < 1.29 is 4.79 Å². The molecule has 1 aromatic rings. The van der Waals surface area contributed by atoms with Gasteiger partial charge in [0.1, 0.15) is 5.70 Å². The summed E-state index contributed by atoms with van der Waals surface area (Å²) in [4.78, 5) is 15.0. The Morgan fingerprint density at radius 2 is 2.29 bits per heavy atom. The Morgan fingerprint density at radius 3 is 3.00 bits per heavy atom. The van der Waals surface area contributed by atoms with E-state index >= 15 is 0 Å². The van der Waals surface area contributed by atoms with E-state index in [2.05, 4.69) is 37.3 Å². The predicted molar refractivity (Wildman–Crippen MR) is 61.4 cm³/mol. The number of rotatable bonds is 2. The van der Waals surface area contributed by atoms with E-state index in [4.69, 9.17) is 0 Å². The lowest BCUT2D eigenvalue weighted by Gasteiger charge is -2.05. The number of azo groups is 1. The number of guanidine groups is 1. The molecule has 0 fully saturated rings. The second-order valence-electron chi connectivity index (χ2n) is 3.06. The Labute approximate surface area is 96.7 Å². The van der Waals surface area contributed by atoms with Crippen molar-refractivity contribution in [3.8, 4) is 0 Å². The maximum Gasteiger partial charge on any atom is 0.277 e. The van der Waals surface area contributed by atoms with Crippen LogP contribution in [0.3, 0.4) is 0 Å². The Morgan fingerprint density at radius 1 is 1.41 bits per heavy atom. The van der Waals surface area contributed by atoms with E-state index in [1.807, 2.05) is 6.07 Å². The standard InChI is InChI=1S/C10H8N6O/c1-7-9(17)13-10(16-14-7)15-12-6-8-3-2-4-11-5-8/h2-6H,1H2,(H,13,15,17)/b12-6+. The summed E-state index contributed by atoms with van der Waals surface area (Å²) in [6, 6.07) is 3.60. The molecule has 1 amide bonds. The van der Waals surface area contributed by atoms with Crippen molar-refractivity contribution in [1.29, 1.82) is 0 Å². The van der Waals surface area contributed by atoms with Crippen LogP contribution in [0.25, 0.3) is 0 Å². The van der Waals surface area contributed by atoms with E-state index in [1.165, 1.54) is 6.21 Å². The zero-order valence-corrected chi connectivity index (χ0v) is 8.74. The minimum absolute atomic E-state index is 0.0301. The lowest BCUT2D eigenvalue weighted by Crippen LogP contribution is -2.32. The fourth-order valence-corrected chi connectivity index (χ4v) is 0.999. The molecule has 2 rings (SSSR count). The number of hydrogen-bond donors (Lipinski definition) is 1. The van der Waals surface area contributed by atoms with Gasteiger partial charge in [0.15, 0.2) is 0 Å². The lowest BCUT2D eigenvalue weighted by molar-refractivity contribution is -0.116. The minimum Gasteiger partial charge on any atom is -0.286 e. The van der Waals surface area contributed by atoms with Gasteiger partial charge in [-0.05, 0) is 6.07 Å². The molecule has 1 N–H and O–H groups in total. The third-order valence-corrected chi connectivity index (χ3v) is 1.80. The maximum atomic E-state index is 11.1. The van der Waals surface area contributed by atoms with Crippen LogP contribution in [0.15, 0.2) is 57.2 Å². The molecule has 0 aliphatic carbocycles. The number of nitrogens with zero attached hydrogens (tertiary/aromatic N) is 5. The molecule has 84 valence electrons. The average Bonchev–Trinajstić information content (AvgIpc) is 2.35. The molecule has 1 aliphatic rings. The van der Waals surface area contributed by atoms with Crippen molar-refractivity contribution >= 4 is 18.1 Å². The molecule has 17 heavy (non-hydrogen) atoms. The third-order valence-electron chi connectivity index (χ3n) is 1.80. The molecule has 0 radical (unpaired) electrons. The summed E-state index contributed by atoms with van der Waals surface area (Å²) in [5.41, 5.74) is 0.834. The molecule has 0 saturated heterocycles. The van der Waals surface area contributed by atoms with Crippen molar-refractivity contribution in [3.63, 3.8) is 0 Å². The van der Waals surface area contributed by atoms with Crippen molar-refractivity contribution in [2.75, 3.05) is 0 Å². The van der Waals surface area contributed by atoms with Gasteiger partial charge in [-0.1, -0.05) is 12.6 Å². The number of carbonyl (C=O) groups excluding carboxylic acids is 1. The molecule has 2 heterocycles. The zero-order chi connectivity index (χ0) is 12.1. The van der Waals surface area contributed by atoms with Crippen molar-refractivity contribution in [2.45, 2.75) is 0 Å². The molecular formula is C10H8N6O. The first kappa shape index (κ1) is 10.8. The number of amides is 1. The predicted octanol–water partition coefficient (Wildman–Crippen LogP) is 0.867. The molecule has 1 aromatic heterocycles. The number of pyridine rings is 1. The third kappa shape index (κ3) is 2.88. The van der Waals surface area contributed by atoms with Crippen LogP contribution in [0.1, 0.15) is 5.56 Å². The van der Waals surface area contributed by atoms with Crippen LogP contribution in [0, 0.1) is 0 Å². The van der Waals surface area contributed by atoms with E-state index in [-0.39, 0.29) is 11.7 Å². The van der Waals surface area contributed by atoms with Gasteiger partial charge in [-0.3, -0.25) is 15.1 Å². The molecule has 0 saturated carbocycles. The van der Waals surface area contributed by atoms with Gasteiger partial charge < -0.3 is 0 Å². The SMILES string of the molecule is C=C1N=N/C(=N\N=C\c2cccnc2)NC1=O. The summed E-state index contributed by atoms with van der Waals surface area (Å²) in [6.45, 7) is 3.38. The van der Waals surface area contributed by atoms with Gasteiger partial charge in [0.25, 0.3) is 11.9 Å². The summed E-state index contributed by atoms with van der Waals surface area (Å²) >= 11 is 0. The second kappa shape index (κ2) is 4.88. The summed E-state index contributed by atoms with van der Waals surface area (Å²) in [5, 5.41) is 16.9. The molecule has 0 atom stereocenters. The summed E-state index contributed by atoms with van der Waals surface area (Å²) < 4.78 is 0. The molecule has 0 bridgehead atoms. The highest BCUT2D eigenvalue weighted by Gasteiger charge is 2.14. The maximum absolute atomic E-state index is 11.1. The van der Waals surface area contributed by atoms with E-state index in [0.717, 1.165) is 5.56 Å². The summed E-state index contributed by atoms with van der Waals surface area (Å²) in [7, 11) is 0. The van der Waals surface area contributed by atoms with E-state index < -0.39 is 5.91 Å². The monoisotopic (exact) mass is 228 g/mol. The number of hydrogen-bond acceptors (Lipinski definition) is 5. The van der Waals surface area contributed by atoms with Crippen molar-refractivity contribution in [3.05, 3.63) is 42.4 Å². The lowest BCUT2D eigenvalue weighted by atomic mass is 10.3. The minimum atomic E-state index is -0.435. The highest BCUT2D eigenvalue weighted by Crippen LogP contribution is 2.00. The van der Waals surface area contributed by atoms with Crippen LogP contribution in [0.5, 0.6) is 0 Å². The first-order valence-corrected chi connectivity index (χ1v) is 4.69. The van der Waals surface area contributed by atoms with Gasteiger partial charge in [-0.15, -0.1) is 15.3 Å². The number of nitrogens with one attached hydrogen (secondary N) is 1. The zero-order valence-electron chi connectivity index (χ0n) is 8.74. The molecule has 7 heteroatoms. The number of aromatic nitrogens is 1. The highest BCUT2D eigenvalue weighted by atomic mass is 16.2. The van der Waals surface area contributed by atoms with Crippen LogP contribution < -0.4 is 5.32 Å². The summed E-state index contributed by atoms with van der Waals surface area (Å²) in [5.74, 6) is -0.405. The largest absolute Gasteiger partial charge is 0.286 e. The van der Waals surface area contributed by atoms with Crippen LogP contribution in [-0.4, -0.2) is 23.1 Å². The molecular weight excluding hydrogens is 220 g/mol. The van der Waals surface area contributed by atoms with E-state index in [1.54, 1.807) is 18.5 Å². The van der Waals surface area contributed by atoms with Gasteiger partial charge in [-0.2, -0.15) is 5.10 Å². The molecule has 0 unspecified atom stereocenters. The van der Waals surface area contributed by atoms with Crippen LogP contribution in [0.2, 0.25) is 0 Å². The number of carbonyl (C=O) groups is 1. The van der Waals surface area contributed by atoms with Crippen molar-refractivity contribution in [2.24, 2.45) is 20.4 Å². The normalized spacial score (nSPS) is 17.8. The van der Waals surface area contributed by atoms with Gasteiger partial charge in [0.05, 0.1) is 6.21 Å². The average molecular weight is 228 g/mol. The first-order chi connectivity index (χ1) is 8.25. The van der Waals surface area contributed by atoms with Crippen LogP contribution in [0.4, 0.5) is 0 Å². The first-order valence-electron chi connectivity index (χ1n) is 4.69. The molecule has 0 aromatic carbocycles. The Kier molecular flexibility index (Phi) is 3.10. The smallest absolute Gasteiger partial charge is 0.277 e. The van der Waals surface area contributed by atoms with Gasteiger partial charge in [0.2, 0.25) is 0 Å². The van der Waals surface area contributed by atoms with E-state index in [0.29, 0.717) is 0 Å². The van der Waals surface area contributed by atoms with Crippen LogP contribution >= 0.6 is 0 Å². The quantitative estimate of drug-likeness (QED) is 0.462. The fourth-order valence-electron chi connectivity index (χ4n) is 0.999. The molecule has 0 spiro atoms. The highest BCUT2D eigenvalue weighted by molar-refractivity contribution is 6.06. The summed E-state index contributed by atoms with van der Waals surface area (Å²) in [6.07, 6.45) is 4.78. The van der Waals surface area contributed by atoms with Gasteiger partial charge >= 0.3 is 0 Å². The van der Waals surface area contributed by atoms with Crippen molar-refractivity contribution in [1.82, 2.24) is 10.3 Å². The van der Waals surface area contributed by atoms with Gasteiger partial charge in [0, 0.05) is 18.0 Å².